The predicted molar refractivity (Wildman–Crippen MR) is 153 cm³/mol. The van der Waals surface area contributed by atoms with Gasteiger partial charge in [-0.1, -0.05) is 50.2 Å². The maximum atomic E-state index is 15.6. The predicted octanol–water partition coefficient (Wildman–Crippen LogP) is 6.84. The molecule has 1 atom stereocenters. The number of benzene rings is 3. The standard InChI is InChI=1S/C33H29F2N3O4/c1-33(2)19-41-18-29(33)38-28-14-21(32(39)40)11-12-27(28)36-30(38)15-22-13-25(35)23(16-24(22)34)26-9-6-10-31(37-26)42-17-20-7-4-3-5-8-20/h3-14,16,29H,15,17-19H2,1-2H3,(H,39,40)/t29-/m1/s1. The van der Waals surface area contributed by atoms with Crippen molar-refractivity contribution in [1.82, 2.24) is 14.5 Å². The van der Waals surface area contributed by atoms with Gasteiger partial charge in [0.15, 0.2) is 0 Å². The topological polar surface area (TPSA) is 86.5 Å². The highest BCUT2D eigenvalue weighted by Crippen LogP contribution is 2.40. The van der Waals surface area contributed by atoms with Crippen LogP contribution in [-0.2, 0) is 17.8 Å². The van der Waals surface area contributed by atoms with Crippen LogP contribution in [0.2, 0.25) is 0 Å². The van der Waals surface area contributed by atoms with Gasteiger partial charge in [-0.3, -0.25) is 0 Å². The number of carbonyl (C=O) groups is 1. The lowest BCUT2D eigenvalue weighted by molar-refractivity contribution is 0.0697. The van der Waals surface area contributed by atoms with Crippen molar-refractivity contribution in [2.75, 3.05) is 13.2 Å². The van der Waals surface area contributed by atoms with Gasteiger partial charge < -0.3 is 19.1 Å². The number of hydrogen-bond acceptors (Lipinski definition) is 5. The summed E-state index contributed by atoms with van der Waals surface area (Å²) in [5.74, 6) is -1.48. The molecule has 3 aromatic carbocycles. The quantitative estimate of drug-likeness (QED) is 0.220. The summed E-state index contributed by atoms with van der Waals surface area (Å²) in [6.07, 6.45) is 0.000350. The minimum absolute atomic E-state index is 0.000350. The minimum Gasteiger partial charge on any atom is -0.478 e. The van der Waals surface area contributed by atoms with Crippen LogP contribution in [0.5, 0.6) is 5.88 Å². The molecule has 5 aromatic rings. The molecule has 1 aliphatic rings. The first-order chi connectivity index (χ1) is 20.2. The van der Waals surface area contributed by atoms with Crippen LogP contribution in [0.3, 0.4) is 0 Å². The van der Waals surface area contributed by atoms with Crippen LogP contribution in [-0.4, -0.2) is 38.8 Å². The third-order valence-corrected chi connectivity index (χ3v) is 7.69. The van der Waals surface area contributed by atoms with Crippen molar-refractivity contribution >= 4 is 17.0 Å². The van der Waals surface area contributed by atoms with Crippen LogP contribution in [0.1, 0.15) is 47.2 Å². The Morgan fingerprint density at radius 1 is 1.02 bits per heavy atom. The number of fused-ring (bicyclic) bond motifs is 1. The fourth-order valence-electron chi connectivity index (χ4n) is 5.39. The van der Waals surface area contributed by atoms with E-state index in [1.807, 2.05) is 34.9 Å². The van der Waals surface area contributed by atoms with E-state index in [0.29, 0.717) is 42.6 Å². The lowest BCUT2D eigenvalue weighted by atomic mass is 9.87. The Morgan fingerprint density at radius 3 is 2.57 bits per heavy atom. The number of aromatic nitrogens is 3. The van der Waals surface area contributed by atoms with Crippen molar-refractivity contribution in [3.63, 3.8) is 0 Å². The Labute approximate surface area is 241 Å². The summed E-state index contributed by atoms with van der Waals surface area (Å²) in [5.41, 5.74) is 2.39. The lowest BCUT2D eigenvalue weighted by Crippen LogP contribution is -2.27. The number of nitrogens with zero attached hydrogens (tertiary/aromatic N) is 3. The van der Waals surface area contributed by atoms with Gasteiger partial charge in [0.05, 0.1) is 41.5 Å². The Hall–Kier alpha value is -4.63. The van der Waals surface area contributed by atoms with E-state index in [9.17, 15) is 9.90 Å². The number of rotatable bonds is 8. The molecule has 0 radical (unpaired) electrons. The molecule has 7 nitrogen and oxygen atoms in total. The van der Waals surface area contributed by atoms with Gasteiger partial charge in [-0.05, 0) is 47.5 Å². The first-order valence-corrected chi connectivity index (χ1v) is 13.6. The van der Waals surface area contributed by atoms with Gasteiger partial charge >= 0.3 is 5.97 Å². The van der Waals surface area contributed by atoms with Crippen molar-refractivity contribution in [3.8, 4) is 17.1 Å². The molecular formula is C33H29F2N3O4. The summed E-state index contributed by atoms with van der Waals surface area (Å²) in [6, 6.07) is 21.4. The second-order valence-corrected chi connectivity index (χ2v) is 11.2. The largest absolute Gasteiger partial charge is 0.478 e. The SMILES string of the molecule is CC1(C)COC[C@H]1n1c(Cc2cc(F)c(-c3cccc(OCc4ccccc4)n3)cc2F)nc2ccc(C(=O)O)cc21. The Balaban J connectivity index is 1.33. The fourth-order valence-corrected chi connectivity index (χ4v) is 5.39. The number of halogens is 2. The fraction of sp³-hybridized carbons (Fsp3) is 0.242. The van der Waals surface area contributed by atoms with Gasteiger partial charge in [0.2, 0.25) is 5.88 Å². The summed E-state index contributed by atoms with van der Waals surface area (Å²) in [7, 11) is 0. The summed E-state index contributed by atoms with van der Waals surface area (Å²) in [6.45, 7) is 5.31. The minimum atomic E-state index is -1.06. The normalized spacial score (nSPS) is 16.1. The van der Waals surface area contributed by atoms with Crippen LogP contribution >= 0.6 is 0 Å². The maximum absolute atomic E-state index is 15.6. The van der Waals surface area contributed by atoms with Gasteiger partial charge in [-0.25, -0.2) is 23.5 Å². The molecule has 1 fully saturated rings. The van der Waals surface area contributed by atoms with Crippen LogP contribution < -0.4 is 4.74 Å². The zero-order valence-electron chi connectivity index (χ0n) is 23.2. The average molecular weight is 570 g/mol. The Kier molecular flexibility index (Phi) is 7.20. The van der Waals surface area contributed by atoms with Gasteiger partial charge in [0.25, 0.3) is 0 Å². The number of pyridine rings is 1. The average Bonchev–Trinajstić information content (AvgIpc) is 3.51. The van der Waals surface area contributed by atoms with Crippen molar-refractivity contribution in [2.45, 2.75) is 32.9 Å². The first kappa shape index (κ1) is 27.5. The molecule has 1 saturated heterocycles. The van der Waals surface area contributed by atoms with E-state index < -0.39 is 17.6 Å². The maximum Gasteiger partial charge on any atom is 0.335 e. The van der Waals surface area contributed by atoms with Crippen LogP contribution in [0.4, 0.5) is 8.78 Å². The highest BCUT2D eigenvalue weighted by molar-refractivity contribution is 5.92. The summed E-state index contributed by atoms with van der Waals surface area (Å²) >= 11 is 0. The van der Waals surface area contributed by atoms with E-state index in [2.05, 4.69) is 18.8 Å². The van der Waals surface area contributed by atoms with Crippen molar-refractivity contribution < 1.29 is 28.2 Å². The lowest BCUT2D eigenvalue weighted by Gasteiger charge is -2.28. The second-order valence-electron chi connectivity index (χ2n) is 11.2. The Morgan fingerprint density at radius 2 is 1.83 bits per heavy atom. The monoisotopic (exact) mass is 569 g/mol. The summed E-state index contributed by atoms with van der Waals surface area (Å²) in [4.78, 5) is 20.8. The second kappa shape index (κ2) is 11.0. The molecule has 0 saturated carbocycles. The highest BCUT2D eigenvalue weighted by atomic mass is 19.1. The summed E-state index contributed by atoms with van der Waals surface area (Å²) < 4.78 is 44.6. The molecule has 1 N–H and O–H groups in total. The molecule has 0 amide bonds. The highest BCUT2D eigenvalue weighted by Gasteiger charge is 2.39. The number of carboxylic acids is 1. The van der Waals surface area contributed by atoms with Crippen LogP contribution in [0.25, 0.3) is 22.3 Å². The zero-order valence-corrected chi connectivity index (χ0v) is 23.2. The van der Waals surface area contributed by atoms with E-state index in [-0.39, 0.29) is 40.3 Å². The van der Waals surface area contributed by atoms with E-state index >= 15 is 8.78 Å². The van der Waals surface area contributed by atoms with Crippen molar-refractivity contribution in [2.24, 2.45) is 5.41 Å². The molecule has 2 aromatic heterocycles. The molecule has 0 unspecified atom stereocenters. The van der Waals surface area contributed by atoms with Gasteiger partial charge in [-0.2, -0.15) is 0 Å². The van der Waals surface area contributed by atoms with Gasteiger partial charge in [0.1, 0.15) is 24.1 Å². The van der Waals surface area contributed by atoms with E-state index in [0.717, 1.165) is 11.6 Å². The van der Waals surface area contributed by atoms with Crippen LogP contribution in [0.15, 0.2) is 78.9 Å². The number of hydrogen-bond donors (Lipinski definition) is 1. The van der Waals surface area contributed by atoms with E-state index in [4.69, 9.17) is 14.5 Å². The van der Waals surface area contributed by atoms with Crippen molar-refractivity contribution in [3.05, 3.63) is 113 Å². The molecular weight excluding hydrogens is 540 g/mol. The van der Waals surface area contributed by atoms with E-state index in [1.165, 1.54) is 12.1 Å². The number of carboxylic acid groups (broad SMARTS) is 1. The zero-order chi connectivity index (χ0) is 29.4. The Bertz CT molecular complexity index is 1790. The summed E-state index contributed by atoms with van der Waals surface area (Å²) in [5, 5.41) is 9.57. The van der Waals surface area contributed by atoms with Gasteiger partial charge in [-0.15, -0.1) is 0 Å². The smallest absolute Gasteiger partial charge is 0.335 e. The first-order valence-electron chi connectivity index (χ1n) is 13.6. The van der Waals surface area contributed by atoms with Crippen molar-refractivity contribution in [1.29, 1.82) is 0 Å². The third kappa shape index (κ3) is 5.35. The molecule has 1 aliphatic heterocycles. The molecule has 214 valence electrons. The molecule has 42 heavy (non-hydrogen) atoms. The molecule has 0 spiro atoms. The molecule has 0 aliphatic carbocycles. The number of ether oxygens (including phenoxy) is 2. The van der Waals surface area contributed by atoms with Gasteiger partial charge in [0, 0.05) is 23.5 Å². The number of imidazole rings is 1. The molecule has 9 heteroatoms. The van der Waals surface area contributed by atoms with Crippen LogP contribution in [0, 0.1) is 17.0 Å². The number of aromatic carboxylic acids is 1. The van der Waals surface area contributed by atoms with E-state index in [1.54, 1.807) is 30.3 Å². The molecule has 3 heterocycles. The third-order valence-electron chi connectivity index (χ3n) is 7.69. The molecule has 6 rings (SSSR count). The molecule has 0 bridgehead atoms.